The number of aryl methyl sites for hydroxylation is 1. The van der Waals surface area contributed by atoms with E-state index in [1.807, 2.05) is 0 Å². The van der Waals surface area contributed by atoms with E-state index in [-0.39, 0.29) is 0 Å². The van der Waals surface area contributed by atoms with Crippen LogP contribution in [-0.2, 0) is 11.2 Å². The highest BCUT2D eigenvalue weighted by atomic mass is 16.5. The molecule has 0 radical (unpaired) electrons. The van der Waals surface area contributed by atoms with E-state index in [4.69, 9.17) is 10.5 Å². The van der Waals surface area contributed by atoms with Gasteiger partial charge in [0.1, 0.15) is 0 Å². The zero-order valence-corrected chi connectivity index (χ0v) is 16.3. The Balaban J connectivity index is 1.44. The SMILES string of the molecule is Cc1ccc(N)c(CC2CCN(C3CCC(OC(C)C)CC3)CC2)c1. The highest BCUT2D eigenvalue weighted by Gasteiger charge is 2.29. The first kappa shape index (κ1) is 18.7. The molecule has 0 atom stereocenters. The van der Waals surface area contributed by atoms with Gasteiger partial charge < -0.3 is 15.4 Å². The molecule has 25 heavy (non-hydrogen) atoms. The van der Waals surface area contributed by atoms with Crippen molar-refractivity contribution >= 4 is 5.69 Å². The first-order valence-corrected chi connectivity index (χ1v) is 10.3. The van der Waals surface area contributed by atoms with Crippen LogP contribution < -0.4 is 5.73 Å². The van der Waals surface area contributed by atoms with Crippen LogP contribution in [0.4, 0.5) is 5.69 Å². The summed E-state index contributed by atoms with van der Waals surface area (Å²) >= 11 is 0. The van der Waals surface area contributed by atoms with Gasteiger partial charge in [-0.2, -0.15) is 0 Å². The molecule has 1 saturated carbocycles. The lowest BCUT2D eigenvalue weighted by atomic mass is 9.86. The summed E-state index contributed by atoms with van der Waals surface area (Å²) in [6.07, 6.45) is 9.75. The molecule has 0 unspecified atom stereocenters. The summed E-state index contributed by atoms with van der Waals surface area (Å²) < 4.78 is 6.00. The van der Waals surface area contributed by atoms with Crippen LogP contribution in [-0.4, -0.2) is 36.2 Å². The molecule has 0 spiro atoms. The third-order valence-corrected chi connectivity index (χ3v) is 6.08. The summed E-state index contributed by atoms with van der Waals surface area (Å²) in [6.45, 7) is 8.98. The number of hydrogen-bond acceptors (Lipinski definition) is 3. The largest absolute Gasteiger partial charge is 0.399 e. The van der Waals surface area contributed by atoms with Crippen molar-refractivity contribution in [2.75, 3.05) is 18.8 Å². The Hall–Kier alpha value is -1.06. The zero-order valence-electron chi connectivity index (χ0n) is 16.3. The van der Waals surface area contributed by atoms with Crippen LogP contribution in [0.25, 0.3) is 0 Å². The van der Waals surface area contributed by atoms with E-state index in [0.29, 0.717) is 12.2 Å². The molecule has 2 fully saturated rings. The number of anilines is 1. The van der Waals surface area contributed by atoms with E-state index in [1.165, 1.54) is 62.7 Å². The molecule has 0 bridgehead atoms. The molecular formula is C22H36N2O. The first-order chi connectivity index (χ1) is 12.0. The second-order valence-electron chi connectivity index (χ2n) is 8.50. The number of nitrogens with two attached hydrogens (primary N) is 1. The minimum Gasteiger partial charge on any atom is -0.399 e. The van der Waals surface area contributed by atoms with E-state index >= 15 is 0 Å². The number of ether oxygens (including phenoxy) is 1. The second-order valence-corrected chi connectivity index (χ2v) is 8.50. The molecule has 140 valence electrons. The molecule has 0 aromatic heterocycles. The summed E-state index contributed by atoms with van der Waals surface area (Å²) in [6, 6.07) is 7.24. The summed E-state index contributed by atoms with van der Waals surface area (Å²) in [4.78, 5) is 2.75. The van der Waals surface area contributed by atoms with Gasteiger partial charge in [-0.15, -0.1) is 0 Å². The Morgan fingerprint density at radius 3 is 2.40 bits per heavy atom. The van der Waals surface area contributed by atoms with E-state index in [2.05, 4.69) is 43.9 Å². The van der Waals surface area contributed by atoms with Crippen LogP contribution in [0.5, 0.6) is 0 Å². The summed E-state index contributed by atoms with van der Waals surface area (Å²) in [5.74, 6) is 0.793. The predicted molar refractivity (Wildman–Crippen MR) is 106 cm³/mol. The fourth-order valence-electron chi connectivity index (χ4n) is 4.68. The normalized spacial score (nSPS) is 26.2. The molecule has 3 nitrogen and oxygen atoms in total. The van der Waals surface area contributed by atoms with Gasteiger partial charge in [0.2, 0.25) is 0 Å². The van der Waals surface area contributed by atoms with Crippen LogP contribution in [0.2, 0.25) is 0 Å². The van der Waals surface area contributed by atoms with E-state index < -0.39 is 0 Å². The van der Waals surface area contributed by atoms with Gasteiger partial charge in [0.05, 0.1) is 12.2 Å². The van der Waals surface area contributed by atoms with Gasteiger partial charge in [-0.1, -0.05) is 17.7 Å². The minimum atomic E-state index is 0.367. The summed E-state index contributed by atoms with van der Waals surface area (Å²) in [7, 11) is 0. The number of nitrogens with zero attached hydrogens (tertiary/aromatic N) is 1. The Morgan fingerprint density at radius 2 is 1.76 bits per heavy atom. The summed E-state index contributed by atoms with van der Waals surface area (Å²) in [5, 5.41) is 0. The average Bonchev–Trinajstić information content (AvgIpc) is 2.59. The van der Waals surface area contributed by atoms with Crippen molar-refractivity contribution in [3.05, 3.63) is 29.3 Å². The predicted octanol–water partition coefficient (Wildman–Crippen LogP) is 4.57. The van der Waals surface area contributed by atoms with Crippen molar-refractivity contribution in [2.24, 2.45) is 5.92 Å². The van der Waals surface area contributed by atoms with Crippen molar-refractivity contribution < 1.29 is 4.74 Å². The van der Waals surface area contributed by atoms with E-state index in [0.717, 1.165) is 24.1 Å². The van der Waals surface area contributed by atoms with Crippen molar-refractivity contribution in [2.45, 2.75) is 84.0 Å². The van der Waals surface area contributed by atoms with Gasteiger partial charge in [0.25, 0.3) is 0 Å². The van der Waals surface area contributed by atoms with Crippen LogP contribution >= 0.6 is 0 Å². The molecule has 1 saturated heterocycles. The number of rotatable bonds is 5. The van der Waals surface area contributed by atoms with Crippen molar-refractivity contribution in [1.82, 2.24) is 4.90 Å². The van der Waals surface area contributed by atoms with E-state index in [9.17, 15) is 0 Å². The lowest BCUT2D eigenvalue weighted by molar-refractivity contribution is -0.0291. The molecule has 1 aromatic rings. The minimum absolute atomic E-state index is 0.367. The number of nitrogen functional groups attached to an aromatic ring is 1. The zero-order chi connectivity index (χ0) is 17.8. The third kappa shape index (κ3) is 5.21. The maximum atomic E-state index is 6.18. The second kappa shape index (κ2) is 8.55. The van der Waals surface area contributed by atoms with Crippen molar-refractivity contribution in [3.8, 4) is 0 Å². The van der Waals surface area contributed by atoms with Crippen molar-refractivity contribution in [3.63, 3.8) is 0 Å². The fraction of sp³-hybridized carbons (Fsp3) is 0.727. The highest BCUT2D eigenvalue weighted by Crippen LogP contribution is 2.31. The Morgan fingerprint density at radius 1 is 1.08 bits per heavy atom. The van der Waals surface area contributed by atoms with Gasteiger partial charge >= 0.3 is 0 Å². The molecule has 1 aliphatic carbocycles. The van der Waals surface area contributed by atoms with Gasteiger partial charge in [-0.25, -0.2) is 0 Å². The number of likely N-dealkylation sites (tertiary alicyclic amines) is 1. The molecule has 1 aromatic carbocycles. The van der Waals surface area contributed by atoms with Crippen LogP contribution in [0.3, 0.4) is 0 Å². The van der Waals surface area contributed by atoms with Gasteiger partial charge in [0, 0.05) is 11.7 Å². The lowest BCUT2D eigenvalue weighted by Crippen LogP contribution is -2.44. The Kier molecular flexibility index (Phi) is 6.40. The molecule has 1 heterocycles. The monoisotopic (exact) mass is 344 g/mol. The maximum Gasteiger partial charge on any atom is 0.0579 e. The van der Waals surface area contributed by atoms with Crippen LogP contribution in [0.15, 0.2) is 18.2 Å². The molecule has 2 N–H and O–H groups in total. The highest BCUT2D eigenvalue weighted by molar-refractivity contribution is 5.48. The van der Waals surface area contributed by atoms with Crippen LogP contribution in [0, 0.1) is 12.8 Å². The van der Waals surface area contributed by atoms with Gasteiger partial charge in [0.15, 0.2) is 0 Å². The molecule has 1 aliphatic heterocycles. The van der Waals surface area contributed by atoms with Gasteiger partial charge in [-0.05, 0) is 96.4 Å². The number of hydrogen-bond donors (Lipinski definition) is 1. The quantitative estimate of drug-likeness (QED) is 0.795. The molecule has 3 rings (SSSR count). The number of piperidine rings is 1. The maximum absolute atomic E-state index is 6.18. The fourth-order valence-corrected chi connectivity index (χ4v) is 4.68. The summed E-state index contributed by atoms with van der Waals surface area (Å²) in [5.41, 5.74) is 9.82. The van der Waals surface area contributed by atoms with Crippen LogP contribution in [0.1, 0.15) is 63.5 Å². The van der Waals surface area contributed by atoms with Gasteiger partial charge in [-0.3, -0.25) is 0 Å². The third-order valence-electron chi connectivity index (χ3n) is 6.08. The number of benzene rings is 1. The molecule has 0 amide bonds. The smallest absolute Gasteiger partial charge is 0.0579 e. The van der Waals surface area contributed by atoms with Crippen molar-refractivity contribution in [1.29, 1.82) is 0 Å². The van der Waals surface area contributed by atoms with E-state index in [1.54, 1.807) is 0 Å². The Bertz CT molecular complexity index is 541. The molecule has 3 heteroatoms. The Labute approximate surface area is 153 Å². The molecular weight excluding hydrogens is 308 g/mol. The standard InChI is InChI=1S/C22H36N2O/c1-16(2)25-21-7-5-20(6-8-21)24-12-10-18(11-13-24)15-19-14-17(3)4-9-22(19)23/h4,9,14,16,18,20-21H,5-8,10-13,15,23H2,1-3H3. The lowest BCUT2D eigenvalue weighted by Gasteiger charge is -2.41. The first-order valence-electron chi connectivity index (χ1n) is 10.3. The average molecular weight is 345 g/mol. The topological polar surface area (TPSA) is 38.5 Å². The molecule has 2 aliphatic rings.